The zero-order chi connectivity index (χ0) is 43.6. The topological polar surface area (TPSA) is 210 Å². The molecule has 1 fully saturated rings. The third-order valence-corrected chi connectivity index (χ3v) is 12.1. The molecule has 6 N–H and O–H groups in total. The van der Waals surface area contributed by atoms with E-state index in [1.54, 1.807) is 0 Å². The first-order valence-electron chi connectivity index (χ1n) is 23.5. The number of allylic oxidation sites excluding steroid dienone is 2. The second kappa shape index (κ2) is 36.1. The van der Waals surface area contributed by atoms with Crippen LogP contribution in [0.4, 0.5) is 0 Å². The van der Waals surface area contributed by atoms with Gasteiger partial charge < -0.3 is 39.9 Å². The van der Waals surface area contributed by atoms with Crippen LogP contribution < -0.4 is 0 Å². The van der Waals surface area contributed by atoms with Gasteiger partial charge in [0.1, 0.15) is 43.2 Å². The summed E-state index contributed by atoms with van der Waals surface area (Å²) >= 11 is 0. The second-order valence-electron chi connectivity index (χ2n) is 16.6. The van der Waals surface area contributed by atoms with Crippen LogP contribution in [0.1, 0.15) is 206 Å². The molecule has 0 bridgehead atoms. The highest BCUT2D eigenvalue weighted by Gasteiger charge is 2.51. The molecule has 6 unspecified atom stereocenters. The van der Waals surface area contributed by atoms with Gasteiger partial charge in [-0.3, -0.25) is 18.6 Å². The van der Waals surface area contributed by atoms with Gasteiger partial charge in [-0.15, -0.1) is 0 Å². The lowest BCUT2D eigenvalue weighted by molar-refractivity contribution is -0.220. The van der Waals surface area contributed by atoms with Crippen molar-refractivity contribution in [1.82, 2.24) is 0 Å². The van der Waals surface area contributed by atoms with Crippen molar-refractivity contribution >= 4 is 19.8 Å². The molecule has 1 saturated carbocycles. The van der Waals surface area contributed by atoms with Gasteiger partial charge in [-0.25, -0.2) is 4.57 Å². The van der Waals surface area contributed by atoms with Crippen LogP contribution in [0, 0.1) is 0 Å². The van der Waals surface area contributed by atoms with Crippen LogP contribution in [0.2, 0.25) is 0 Å². The number of phosphoric ester groups is 1. The molecular formula is C45H85O13P. The Balaban J connectivity index is 2.45. The lowest BCUT2D eigenvalue weighted by atomic mass is 9.85. The predicted molar refractivity (Wildman–Crippen MR) is 231 cm³/mol. The standard InChI is InChI=1S/C45H85O13P/c1-3-5-7-9-11-13-15-17-19-20-22-23-25-27-29-31-33-38(46)55-35-37(36-56-59(53,54)58-45-43(51)41(49)40(48)42(50)44(45)52)57-39(47)34-32-30-28-26-24-21-18-16-14-12-10-8-6-4-2/h19-20,37,40-45,48-52H,3-18,21-36H2,1-2H3,(H,53,54)/b20-19-/t37-,40?,41-,42?,43?,44?,45?/m1/s1. The predicted octanol–water partition coefficient (Wildman–Crippen LogP) is 9.06. The fourth-order valence-electron chi connectivity index (χ4n) is 7.28. The number of ether oxygens (including phenoxy) is 2. The summed E-state index contributed by atoms with van der Waals surface area (Å²) in [5.74, 6) is -1.10. The summed E-state index contributed by atoms with van der Waals surface area (Å²) in [4.78, 5) is 35.7. The van der Waals surface area contributed by atoms with Crippen LogP contribution in [-0.4, -0.2) is 98.3 Å². The van der Waals surface area contributed by atoms with Crippen LogP contribution in [0.3, 0.4) is 0 Å². The summed E-state index contributed by atoms with van der Waals surface area (Å²) in [6.45, 7) is 3.30. The Morgan fingerprint density at radius 2 is 0.864 bits per heavy atom. The normalized spacial score (nSPS) is 22.4. The molecule has 0 heterocycles. The number of phosphoric acid groups is 1. The lowest BCUT2D eigenvalue weighted by Crippen LogP contribution is -2.64. The van der Waals surface area contributed by atoms with Crippen molar-refractivity contribution < 1.29 is 63.1 Å². The molecule has 0 aromatic rings. The van der Waals surface area contributed by atoms with Crippen LogP contribution in [0.25, 0.3) is 0 Å². The number of carbonyl (C=O) groups is 2. The second-order valence-corrected chi connectivity index (χ2v) is 18.0. The van der Waals surface area contributed by atoms with E-state index in [1.165, 1.54) is 109 Å². The number of rotatable bonds is 39. The third-order valence-electron chi connectivity index (χ3n) is 11.1. The van der Waals surface area contributed by atoms with Crippen LogP contribution in [0.15, 0.2) is 12.2 Å². The summed E-state index contributed by atoms with van der Waals surface area (Å²) in [6, 6.07) is 0. The third kappa shape index (κ3) is 28.7. The fraction of sp³-hybridized carbons (Fsp3) is 0.911. The maximum atomic E-state index is 12.8. The van der Waals surface area contributed by atoms with E-state index in [1.807, 2.05) is 0 Å². The van der Waals surface area contributed by atoms with Gasteiger partial charge in [0.2, 0.25) is 0 Å². The molecule has 1 aliphatic carbocycles. The van der Waals surface area contributed by atoms with Gasteiger partial charge in [0.15, 0.2) is 6.10 Å². The van der Waals surface area contributed by atoms with Gasteiger partial charge in [0, 0.05) is 12.8 Å². The quantitative estimate of drug-likeness (QED) is 0.0148. The Bertz CT molecular complexity index is 1090. The van der Waals surface area contributed by atoms with E-state index >= 15 is 0 Å². The fourth-order valence-corrected chi connectivity index (χ4v) is 8.26. The van der Waals surface area contributed by atoms with E-state index in [0.717, 1.165) is 57.8 Å². The number of aliphatic hydroxyl groups excluding tert-OH is 5. The maximum absolute atomic E-state index is 12.8. The monoisotopic (exact) mass is 865 g/mol. The molecule has 59 heavy (non-hydrogen) atoms. The molecule has 0 amide bonds. The summed E-state index contributed by atoms with van der Waals surface area (Å²) < 4.78 is 33.5. The van der Waals surface area contributed by atoms with Gasteiger partial charge in [0.05, 0.1) is 6.61 Å². The number of esters is 2. The SMILES string of the molecule is CCCCCCCCC/C=C\CCCCCCCC(=O)OC[C@H](COP(=O)(O)OC1C(O)C(O)C(O)[C@@H](O)C1O)OC(=O)CCCCCCCCCCCCCCCC. The van der Waals surface area contributed by atoms with E-state index in [2.05, 4.69) is 26.0 Å². The van der Waals surface area contributed by atoms with Crippen molar-refractivity contribution in [3.05, 3.63) is 12.2 Å². The molecule has 0 aromatic heterocycles. The molecule has 0 aromatic carbocycles. The minimum atomic E-state index is -5.11. The Morgan fingerprint density at radius 3 is 1.29 bits per heavy atom. The summed E-state index contributed by atoms with van der Waals surface area (Å²) in [6.07, 6.45) is 24.1. The highest BCUT2D eigenvalue weighted by atomic mass is 31.2. The van der Waals surface area contributed by atoms with Crippen molar-refractivity contribution in [2.24, 2.45) is 0 Å². The molecule has 1 aliphatic rings. The molecule has 348 valence electrons. The number of unbranched alkanes of at least 4 members (excludes halogenated alkanes) is 25. The van der Waals surface area contributed by atoms with Gasteiger partial charge in [-0.2, -0.15) is 0 Å². The number of hydrogen-bond donors (Lipinski definition) is 6. The van der Waals surface area contributed by atoms with E-state index in [0.29, 0.717) is 12.8 Å². The van der Waals surface area contributed by atoms with Gasteiger partial charge in [-0.05, 0) is 38.5 Å². The molecule has 0 saturated heterocycles. The van der Waals surface area contributed by atoms with E-state index in [4.69, 9.17) is 18.5 Å². The minimum Gasteiger partial charge on any atom is -0.462 e. The Labute approximate surface area is 356 Å². The van der Waals surface area contributed by atoms with E-state index in [9.17, 15) is 44.6 Å². The van der Waals surface area contributed by atoms with Crippen LogP contribution in [0.5, 0.6) is 0 Å². The van der Waals surface area contributed by atoms with E-state index in [-0.39, 0.29) is 12.8 Å². The van der Waals surface area contributed by atoms with Crippen molar-refractivity contribution in [3.63, 3.8) is 0 Å². The van der Waals surface area contributed by atoms with E-state index < -0.39 is 75.7 Å². The molecule has 0 spiro atoms. The number of aliphatic hydroxyl groups is 5. The van der Waals surface area contributed by atoms with Crippen molar-refractivity contribution in [2.75, 3.05) is 13.2 Å². The summed E-state index contributed by atoms with van der Waals surface area (Å²) in [7, 11) is -5.11. The Kier molecular flexibility index (Phi) is 34.0. The summed E-state index contributed by atoms with van der Waals surface area (Å²) in [5, 5.41) is 50.1. The Hall–Kier alpha value is -1.41. The van der Waals surface area contributed by atoms with Gasteiger partial charge >= 0.3 is 19.8 Å². The zero-order valence-corrected chi connectivity index (χ0v) is 37.7. The van der Waals surface area contributed by atoms with Crippen LogP contribution >= 0.6 is 7.82 Å². The number of hydrogen-bond acceptors (Lipinski definition) is 12. The zero-order valence-electron chi connectivity index (χ0n) is 36.8. The highest BCUT2D eigenvalue weighted by Crippen LogP contribution is 2.47. The molecule has 0 aliphatic heterocycles. The Morgan fingerprint density at radius 1 is 0.508 bits per heavy atom. The molecule has 0 radical (unpaired) electrons. The molecule has 8 atom stereocenters. The molecule has 1 rings (SSSR count). The smallest absolute Gasteiger partial charge is 0.462 e. The number of carbonyl (C=O) groups excluding carboxylic acids is 2. The van der Waals surface area contributed by atoms with Crippen molar-refractivity contribution in [2.45, 2.75) is 249 Å². The van der Waals surface area contributed by atoms with Gasteiger partial charge in [-0.1, -0.05) is 167 Å². The van der Waals surface area contributed by atoms with Crippen molar-refractivity contribution in [1.29, 1.82) is 0 Å². The largest absolute Gasteiger partial charge is 0.472 e. The lowest BCUT2D eigenvalue weighted by Gasteiger charge is -2.41. The minimum absolute atomic E-state index is 0.101. The highest BCUT2D eigenvalue weighted by molar-refractivity contribution is 7.47. The van der Waals surface area contributed by atoms with Crippen LogP contribution in [-0.2, 0) is 32.7 Å². The maximum Gasteiger partial charge on any atom is 0.472 e. The average molecular weight is 865 g/mol. The first-order chi connectivity index (χ1) is 28.4. The van der Waals surface area contributed by atoms with Gasteiger partial charge in [0.25, 0.3) is 0 Å². The molecule has 14 heteroatoms. The average Bonchev–Trinajstić information content (AvgIpc) is 3.21. The van der Waals surface area contributed by atoms with Crippen molar-refractivity contribution in [3.8, 4) is 0 Å². The first kappa shape index (κ1) is 55.6. The summed E-state index contributed by atoms with van der Waals surface area (Å²) in [5.41, 5.74) is 0. The molecule has 13 nitrogen and oxygen atoms in total. The first-order valence-corrected chi connectivity index (χ1v) is 25.0. The molecular weight excluding hydrogens is 779 g/mol.